The standard InChI is InChI=1S/C28H48O2Si/c1-11-19-20(12-2)24(16-6)27(23(19)15-5)31(29-9,30-10)28-25(17-7)21(13-3)22(14-4)26(28)18-8/h27-28H,11-18H2,1-10H3. The van der Waals surface area contributed by atoms with Gasteiger partial charge in [0, 0.05) is 25.3 Å². The summed E-state index contributed by atoms with van der Waals surface area (Å²) in [6, 6.07) is 0. The summed E-state index contributed by atoms with van der Waals surface area (Å²) in [5.41, 5.74) is 13.5. The third kappa shape index (κ3) is 4.00. The van der Waals surface area contributed by atoms with Gasteiger partial charge in [0.25, 0.3) is 0 Å². The van der Waals surface area contributed by atoms with Crippen LogP contribution in [0.5, 0.6) is 0 Å². The van der Waals surface area contributed by atoms with Crippen molar-refractivity contribution in [1.82, 2.24) is 0 Å². The summed E-state index contributed by atoms with van der Waals surface area (Å²) in [6.45, 7) is 18.7. The molecule has 0 radical (unpaired) electrons. The van der Waals surface area contributed by atoms with E-state index in [9.17, 15) is 0 Å². The molecule has 2 aliphatic carbocycles. The van der Waals surface area contributed by atoms with Gasteiger partial charge in [0.15, 0.2) is 0 Å². The topological polar surface area (TPSA) is 18.5 Å². The van der Waals surface area contributed by atoms with E-state index in [0.717, 1.165) is 51.4 Å². The Kier molecular flexibility index (Phi) is 9.60. The lowest BCUT2D eigenvalue weighted by molar-refractivity contribution is 0.230. The Morgan fingerprint density at radius 3 is 0.806 bits per heavy atom. The summed E-state index contributed by atoms with van der Waals surface area (Å²) in [4.78, 5) is 0. The van der Waals surface area contributed by atoms with Crippen molar-refractivity contribution in [3.8, 4) is 0 Å². The molecule has 0 amide bonds. The first kappa shape index (κ1) is 26.4. The summed E-state index contributed by atoms with van der Waals surface area (Å²) in [7, 11) is 1.22. The van der Waals surface area contributed by atoms with Gasteiger partial charge in [0.2, 0.25) is 0 Å². The minimum atomic E-state index is -2.68. The van der Waals surface area contributed by atoms with E-state index in [0.29, 0.717) is 11.1 Å². The molecule has 0 aliphatic heterocycles. The van der Waals surface area contributed by atoms with Gasteiger partial charge < -0.3 is 8.85 Å². The summed E-state index contributed by atoms with van der Waals surface area (Å²) in [5, 5.41) is 0. The van der Waals surface area contributed by atoms with E-state index >= 15 is 0 Å². The maximum Gasteiger partial charge on any atom is 0.360 e. The van der Waals surface area contributed by atoms with E-state index in [1.807, 2.05) is 14.2 Å². The van der Waals surface area contributed by atoms with Crippen LogP contribution in [0.3, 0.4) is 0 Å². The van der Waals surface area contributed by atoms with Crippen molar-refractivity contribution in [1.29, 1.82) is 0 Å². The van der Waals surface area contributed by atoms with Gasteiger partial charge in [-0.3, -0.25) is 0 Å². The molecule has 0 heterocycles. The van der Waals surface area contributed by atoms with Gasteiger partial charge in [-0.2, -0.15) is 0 Å². The van der Waals surface area contributed by atoms with E-state index < -0.39 is 8.56 Å². The smallest absolute Gasteiger partial charge is 0.360 e. The van der Waals surface area contributed by atoms with Gasteiger partial charge in [0.1, 0.15) is 0 Å². The largest absolute Gasteiger partial charge is 0.397 e. The van der Waals surface area contributed by atoms with Gasteiger partial charge in [-0.1, -0.05) is 77.7 Å². The molecular weight excluding hydrogens is 396 g/mol. The molecule has 2 rings (SSSR count). The van der Waals surface area contributed by atoms with Gasteiger partial charge in [-0.25, -0.2) is 0 Å². The van der Waals surface area contributed by atoms with Crippen LogP contribution in [0.2, 0.25) is 11.1 Å². The Hall–Kier alpha value is -0.903. The predicted molar refractivity (Wildman–Crippen MR) is 138 cm³/mol. The van der Waals surface area contributed by atoms with E-state index in [2.05, 4.69) is 55.4 Å². The van der Waals surface area contributed by atoms with Crippen molar-refractivity contribution in [2.24, 2.45) is 0 Å². The summed E-state index contributed by atoms with van der Waals surface area (Å²) >= 11 is 0. The van der Waals surface area contributed by atoms with Crippen molar-refractivity contribution in [2.45, 2.75) is 118 Å². The van der Waals surface area contributed by atoms with Crippen LogP contribution in [-0.2, 0) is 8.85 Å². The van der Waals surface area contributed by atoms with Crippen LogP contribution in [0, 0.1) is 0 Å². The average Bonchev–Trinajstić information content (AvgIpc) is 3.31. The SMILES string of the molecule is CCC1=C(CC)C([Si](OC)(OC)C2C(CC)=C(CC)C(CC)=C2CC)C(CC)=C1CC. The van der Waals surface area contributed by atoms with Crippen molar-refractivity contribution in [3.05, 3.63) is 44.6 Å². The molecule has 0 unspecified atom stereocenters. The summed E-state index contributed by atoms with van der Waals surface area (Å²) < 4.78 is 13.5. The molecule has 0 N–H and O–H groups in total. The van der Waals surface area contributed by atoms with Crippen molar-refractivity contribution < 1.29 is 8.85 Å². The second-order valence-electron chi connectivity index (χ2n) is 8.84. The first-order chi connectivity index (χ1) is 15.0. The van der Waals surface area contributed by atoms with E-state index in [1.54, 1.807) is 44.6 Å². The molecule has 0 spiro atoms. The highest BCUT2D eigenvalue weighted by Gasteiger charge is 2.59. The second kappa shape index (κ2) is 11.3. The summed E-state index contributed by atoms with van der Waals surface area (Å²) in [6.07, 6.45) is 8.81. The van der Waals surface area contributed by atoms with Crippen LogP contribution in [0.1, 0.15) is 107 Å². The molecule has 0 bridgehead atoms. The van der Waals surface area contributed by atoms with Gasteiger partial charge in [-0.15, -0.1) is 0 Å². The molecule has 0 aromatic carbocycles. The highest BCUT2D eigenvalue weighted by atomic mass is 28.4. The van der Waals surface area contributed by atoms with Gasteiger partial charge >= 0.3 is 8.56 Å². The molecular formula is C28H48O2Si. The lowest BCUT2D eigenvalue weighted by Gasteiger charge is -2.42. The molecule has 2 aliphatic rings. The minimum absolute atomic E-state index is 0.338. The maximum absolute atomic E-state index is 6.73. The predicted octanol–water partition coefficient (Wildman–Crippen LogP) is 8.96. The fourth-order valence-corrected chi connectivity index (χ4v) is 11.9. The van der Waals surface area contributed by atoms with E-state index in [4.69, 9.17) is 8.85 Å². The van der Waals surface area contributed by atoms with Crippen LogP contribution in [0.4, 0.5) is 0 Å². The Labute approximate surface area is 194 Å². The van der Waals surface area contributed by atoms with Crippen molar-refractivity contribution in [3.63, 3.8) is 0 Å². The first-order valence-corrected chi connectivity index (χ1v) is 14.9. The number of hydrogen-bond donors (Lipinski definition) is 0. The zero-order valence-corrected chi connectivity index (χ0v) is 23.1. The lowest BCUT2D eigenvalue weighted by atomic mass is 9.99. The molecule has 3 heteroatoms. The molecule has 176 valence electrons. The average molecular weight is 445 g/mol. The third-order valence-corrected chi connectivity index (χ3v) is 12.3. The zero-order chi connectivity index (χ0) is 23.3. The molecule has 2 nitrogen and oxygen atoms in total. The minimum Gasteiger partial charge on any atom is -0.397 e. The number of rotatable bonds is 12. The first-order valence-electron chi connectivity index (χ1n) is 12.9. The Bertz CT molecular complexity index is 659. The fourth-order valence-electron chi connectivity index (χ4n) is 7.02. The van der Waals surface area contributed by atoms with Crippen LogP contribution in [0.25, 0.3) is 0 Å². The Balaban J connectivity index is 2.89. The monoisotopic (exact) mass is 444 g/mol. The highest BCUT2D eigenvalue weighted by molar-refractivity contribution is 6.73. The second-order valence-corrected chi connectivity index (χ2v) is 12.3. The third-order valence-electron chi connectivity index (χ3n) is 8.05. The number of allylic oxidation sites excluding steroid dienone is 8. The Morgan fingerprint density at radius 2 is 0.677 bits per heavy atom. The Morgan fingerprint density at radius 1 is 0.452 bits per heavy atom. The molecule has 31 heavy (non-hydrogen) atoms. The van der Waals surface area contributed by atoms with Gasteiger partial charge in [-0.05, 0) is 73.7 Å². The van der Waals surface area contributed by atoms with Crippen LogP contribution in [-0.4, -0.2) is 22.8 Å². The molecule has 0 aromatic rings. The lowest BCUT2D eigenvalue weighted by Crippen LogP contribution is -2.51. The quantitative estimate of drug-likeness (QED) is 0.280. The normalized spacial score (nSPS) is 19.2. The van der Waals surface area contributed by atoms with Crippen LogP contribution >= 0.6 is 0 Å². The van der Waals surface area contributed by atoms with Crippen molar-refractivity contribution in [2.75, 3.05) is 14.2 Å². The molecule has 0 aromatic heterocycles. The van der Waals surface area contributed by atoms with Crippen LogP contribution < -0.4 is 0 Å². The summed E-state index contributed by atoms with van der Waals surface area (Å²) in [5.74, 6) is 0. The molecule has 0 atom stereocenters. The van der Waals surface area contributed by atoms with E-state index in [1.165, 1.54) is 0 Å². The zero-order valence-electron chi connectivity index (χ0n) is 22.1. The van der Waals surface area contributed by atoms with Crippen molar-refractivity contribution >= 4 is 8.56 Å². The fraction of sp³-hybridized carbons (Fsp3) is 0.714. The highest BCUT2D eigenvalue weighted by Crippen LogP contribution is 2.61. The van der Waals surface area contributed by atoms with Gasteiger partial charge in [0.05, 0.1) is 0 Å². The molecule has 0 saturated carbocycles. The maximum atomic E-state index is 6.73. The number of hydrogen-bond acceptors (Lipinski definition) is 2. The van der Waals surface area contributed by atoms with Crippen LogP contribution in [0.15, 0.2) is 44.6 Å². The molecule has 0 saturated heterocycles. The van der Waals surface area contributed by atoms with E-state index in [-0.39, 0.29) is 0 Å². The molecule has 0 fully saturated rings.